The van der Waals surface area contributed by atoms with E-state index in [9.17, 15) is 0 Å². The zero-order valence-electron chi connectivity index (χ0n) is 9.33. The second kappa shape index (κ2) is 5.06. The smallest absolute Gasteiger partial charge is 0.162 e. The molecule has 0 saturated heterocycles. The summed E-state index contributed by atoms with van der Waals surface area (Å²) >= 11 is 3.55. The molecule has 88 valence electrons. The van der Waals surface area contributed by atoms with Gasteiger partial charge in [-0.15, -0.1) is 0 Å². The lowest BCUT2D eigenvalue weighted by molar-refractivity contribution is 0.297. The topological polar surface area (TPSA) is 44.5 Å². The van der Waals surface area contributed by atoms with Crippen molar-refractivity contribution in [3.05, 3.63) is 22.2 Å². The molecule has 2 rings (SSSR count). The average Bonchev–Trinajstić information content (AvgIpc) is 2.51. The molecule has 2 N–H and O–H groups in total. The fourth-order valence-corrected chi connectivity index (χ4v) is 2.42. The van der Waals surface area contributed by atoms with Gasteiger partial charge in [0, 0.05) is 10.9 Å². The number of rotatable bonds is 2. The van der Waals surface area contributed by atoms with Gasteiger partial charge in [0.05, 0.1) is 13.2 Å². The first-order valence-electron chi connectivity index (χ1n) is 5.51. The lowest BCUT2D eigenvalue weighted by Gasteiger charge is -2.15. The van der Waals surface area contributed by atoms with E-state index in [-0.39, 0.29) is 0 Å². The Bertz CT molecular complexity index is 382. The van der Waals surface area contributed by atoms with Crippen LogP contribution >= 0.6 is 15.9 Å². The monoisotopic (exact) mass is 285 g/mol. The lowest BCUT2D eigenvalue weighted by atomic mass is 10.0. The fraction of sp³-hybridized carbons (Fsp3) is 0.500. The zero-order chi connectivity index (χ0) is 11.5. The van der Waals surface area contributed by atoms with Crippen LogP contribution in [0.4, 0.5) is 0 Å². The molecule has 1 atom stereocenters. The van der Waals surface area contributed by atoms with Crippen molar-refractivity contribution in [2.45, 2.75) is 19.3 Å². The Kier molecular flexibility index (Phi) is 3.71. The van der Waals surface area contributed by atoms with Crippen LogP contribution in [0, 0.1) is 0 Å². The number of hydrogen-bond donors (Lipinski definition) is 1. The van der Waals surface area contributed by atoms with Crippen molar-refractivity contribution in [1.29, 1.82) is 0 Å². The first-order chi connectivity index (χ1) is 7.72. The van der Waals surface area contributed by atoms with Crippen LogP contribution in [0.5, 0.6) is 11.5 Å². The van der Waals surface area contributed by atoms with Gasteiger partial charge in [-0.1, -0.05) is 22.9 Å². The summed E-state index contributed by atoms with van der Waals surface area (Å²) < 4.78 is 12.3. The van der Waals surface area contributed by atoms with E-state index < -0.39 is 0 Å². The van der Waals surface area contributed by atoms with Crippen LogP contribution in [0.1, 0.15) is 24.8 Å². The van der Waals surface area contributed by atoms with Crippen LogP contribution in [0.2, 0.25) is 0 Å². The highest BCUT2D eigenvalue weighted by atomic mass is 79.9. The van der Waals surface area contributed by atoms with Crippen molar-refractivity contribution in [1.82, 2.24) is 0 Å². The first-order valence-corrected chi connectivity index (χ1v) is 6.30. The SMILES string of the molecule is CC(CN)c1cc2c(cc1Br)OCCCO2. The van der Waals surface area contributed by atoms with E-state index in [4.69, 9.17) is 15.2 Å². The standard InChI is InChI=1S/C12H16BrNO2/c1-8(7-14)9-5-11-12(6-10(9)13)16-4-2-3-15-11/h5-6,8H,2-4,7,14H2,1H3. The maximum Gasteiger partial charge on any atom is 0.162 e. The normalized spacial score (nSPS) is 16.7. The number of halogens is 1. The molecule has 4 heteroatoms. The first kappa shape index (κ1) is 11.7. The van der Waals surface area contributed by atoms with E-state index in [0.29, 0.717) is 25.7 Å². The minimum absolute atomic E-state index is 0.312. The summed E-state index contributed by atoms with van der Waals surface area (Å²) in [5, 5.41) is 0. The Balaban J connectivity index is 2.38. The molecule has 1 aliphatic heterocycles. The molecule has 0 amide bonds. The number of hydrogen-bond acceptors (Lipinski definition) is 3. The molecule has 1 aliphatic rings. The van der Waals surface area contributed by atoms with Gasteiger partial charge >= 0.3 is 0 Å². The molecule has 0 spiro atoms. The van der Waals surface area contributed by atoms with Crippen LogP contribution in [0.15, 0.2) is 16.6 Å². The highest BCUT2D eigenvalue weighted by Crippen LogP contribution is 2.37. The van der Waals surface area contributed by atoms with Crippen LogP contribution in [0.25, 0.3) is 0 Å². The number of fused-ring (bicyclic) bond motifs is 1. The molecule has 1 unspecified atom stereocenters. The molecule has 0 bridgehead atoms. The molecule has 0 fully saturated rings. The average molecular weight is 286 g/mol. The van der Waals surface area contributed by atoms with Crippen molar-refractivity contribution >= 4 is 15.9 Å². The predicted molar refractivity (Wildman–Crippen MR) is 67.2 cm³/mol. The summed E-state index contributed by atoms with van der Waals surface area (Å²) in [6.45, 7) is 4.15. The van der Waals surface area contributed by atoms with Crippen molar-refractivity contribution in [2.75, 3.05) is 19.8 Å². The fourth-order valence-electron chi connectivity index (χ4n) is 1.70. The maximum atomic E-state index is 5.69. The molecule has 1 aromatic carbocycles. The summed E-state index contributed by atoms with van der Waals surface area (Å²) in [5.74, 6) is 1.96. The highest BCUT2D eigenvalue weighted by Gasteiger charge is 2.16. The molecule has 3 nitrogen and oxygen atoms in total. The van der Waals surface area contributed by atoms with E-state index >= 15 is 0 Å². The van der Waals surface area contributed by atoms with Crippen molar-refractivity contribution in [3.8, 4) is 11.5 Å². The highest BCUT2D eigenvalue weighted by molar-refractivity contribution is 9.10. The summed E-state index contributed by atoms with van der Waals surface area (Å²) in [5.41, 5.74) is 6.86. The molecular weight excluding hydrogens is 270 g/mol. The van der Waals surface area contributed by atoms with Gasteiger partial charge in [0.25, 0.3) is 0 Å². The van der Waals surface area contributed by atoms with E-state index in [0.717, 1.165) is 22.4 Å². The molecule has 1 aromatic rings. The third-order valence-electron chi connectivity index (χ3n) is 2.75. The van der Waals surface area contributed by atoms with Gasteiger partial charge in [-0.3, -0.25) is 0 Å². The summed E-state index contributed by atoms with van der Waals surface area (Å²) in [4.78, 5) is 0. The molecule has 16 heavy (non-hydrogen) atoms. The Labute approximate surface area is 104 Å². The van der Waals surface area contributed by atoms with Crippen LogP contribution in [0.3, 0.4) is 0 Å². The quantitative estimate of drug-likeness (QED) is 0.909. The van der Waals surface area contributed by atoms with Gasteiger partial charge in [-0.2, -0.15) is 0 Å². The Morgan fingerprint density at radius 3 is 2.56 bits per heavy atom. The lowest BCUT2D eigenvalue weighted by Crippen LogP contribution is -2.09. The Hall–Kier alpha value is -0.740. The molecule has 1 heterocycles. The predicted octanol–water partition coefficient (Wildman–Crippen LogP) is 2.67. The number of benzene rings is 1. The van der Waals surface area contributed by atoms with Crippen LogP contribution < -0.4 is 15.2 Å². The van der Waals surface area contributed by atoms with Crippen LogP contribution in [-0.4, -0.2) is 19.8 Å². The maximum absolute atomic E-state index is 5.69. The van der Waals surface area contributed by atoms with Crippen molar-refractivity contribution in [3.63, 3.8) is 0 Å². The van der Waals surface area contributed by atoms with Gasteiger partial charge in [0.1, 0.15) is 0 Å². The second-order valence-electron chi connectivity index (χ2n) is 4.01. The van der Waals surface area contributed by atoms with Gasteiger partial charge < -0.3 is 15.2 Å². The van der Waals surface area contributed by atoms with Crippen molar-refractivity contribution in [2.24, 2.45) is 5.73 Å². The summed E-state index contributed by atoms with van der Waals surface area (Å²) in [6, 6.07) is 4.00. The Morgan fingerprint density at radius 2 is 1.94 bits per heavy atom. The van der Waals surface area contributed by atoms with Gasteiger partial charge in [-0.05, 0) is 30.2 Å². The van der Waals surface area contributed by atoms with Gasteiger partial charge in [0.2, 0.25) is 0 Å². The molecule has 0 saturated carbocycles. The second-order valence-corrected chi connectivity index (χ2v) is 4.86. The minimum atomic E-state index is 0.312. The van der Waals surface area contributed by atoms with Gasteiger partial charge in [-0.25, -0.2) is 0 Å². The summed E-state index contributed by atoms with van der Waals surface area (Å²) in [6.07, 6.45) is 0.925. The third kappa shape index (κ3) is 2.33. The van der Waals surface area contributed by atoms with Gasteiger partial charge in [0.15, 0.2) is 11.5 Å². The third-order valence-corrected chi connectivity index (χ3v) is 3.44. The van der Waals surface area contributed by atoms with Crippen molar-refractivity contribution < 1.29 is 9.47 Å². The number of ether oxygens (including phenoxy) is 2. The van der Waals surface area contributed by atoms with Crippen LogP contribution in [-0.2, 0) is 0 Å². The minimum Gasteiger partial charge on any atom is -0.490 e. The molecule has 0 radical (unpaired) electrons. The molecule has 0 aliphatic carbocycles. The zero-order valence-corrected chi connectivity index (χ0v) is 10.9. The van der Waals surface area contributed by atoms with E-state index in [1.165, 1.54) is 5.56 Å². The number of nitrogens with two attached hydrogens (primary N) is 1. The summed E-state index contributed by atoms with van der Waals surface area (Å²) in [7, 11) is 0. The van der Waals surface area contributed by atoms with E-state index in [1.54, 1.807) is 0 Å². The van der Waals surface area contributed by atoms with E-state index in [2.05, 4.69) is 22.9 Å². The molecule has 0 aromatic heterocycles. The Morgan fingerprint density at radius 1 is 1.31 bits per heavy atom. The molecular formula is C12H16BrNO2. The van der Waals surface area contributed by atoms with E-state index in [1.807, 2.05) is 12.1 Å². The largest absolute Gasteiger partial charge is 0.490 e.